The zero-order valence-electron chi connectivity index (χ0n) is 56.1. The summed E-state index contributed by atoms with van der Waals surface area (Å²) in [4.78, 5) is 0. The highest BCUT2D eigenvalue weighted by Crippen LogP contribution is 2.61. The molecule has 0 heterocycles. The lowest BCUT2D eigenvalue weighted by Gasteiger charge is -2.25. The van der Waals surface area contributed by atoms with Gasteiger partial charge >= 0.3 is 0 Å². The van der Waals surface area contributed by atoms with E-state index in [1.165, 1.54) is 97.1 Å². The summed E-state index contributed by atoms with van der Waals surface area (Å²) in [7, 11) is 0. The second kappa shape index (κ2) is 27.3. The zero-order valence-corrected chi connectivity index (χ0v) is 56.1. The Morgan fingerprint density at radius 1 is 0.325 bits per heavy atom. The Labute approximate surface area is 494 Å². The predicted octanol–water partition coefficient (Wildman–Crippen LogP) is 22.4. The summed E-state index contributed by atoms with van der Waals surface area (Å²) < 4.78 is 0. The molecule has 0 amide bonds. The van der Waals surface area contributed by atoms with Crippen LogP contribution in [0.15, 0.2) is 137 Å². The minimum absolute atomic E-state index is 0.720. The van der Waals surface area contributed by atoms with Gasteiger partial charge in [0.25, 0.3) is 0 Å². The van der Waals surface area contributed by atoms with Gasteiger partial charge in [-0.05, 0) is 311 Å². The maximum atomic E-state index is 2.64. The fourth-order valence-corrected chi connectivity index (χ4v) is 18.2. The van der Waals surface area contributed by atoms with Crippen LogP contribution in [0.2, 0.25) is 0 Å². The summed E-state index contributed by atoms with van der Waals surface area (Å²) in [6.45, 7) is 60.2. The van der Waals surface area contributed by atoms with E-state index in [0.717, 1.165) is 94.7 Å². The quantitative estimate of drug-likeness (QED) is 0.168. The zero-order chi connectivity index (χ0) is 59.5. The molecule has 0 radical (unpaired) electrons. The van der Waals surface area contributed by atoms with Crippen molar-refractivity contribution < 1.29 is 0 Å². The lowest BCUT2D eigenvalue weighted by atomic mass is 9.80. The Morgan fingerprint density at radius 3 is 1.06 bits per heavy atom. The lowest BCUT2D eigenvalue weighted by Crippen LogP contribution is -2.19. The fourth-order valence-electron chi connectivity index (χ4n) is 18.2. The summed E-state index contributed by atoms with van der Waals surface area (Å²) in [6.07, 6.45) is 21.9. The second-order valence-electron chi connectivity index (χ2n) is 27.9. The van der Waals surface area contributed by atoms with Crippen molar-refractivity contribution in [3.05, 3.63) is 137 Å². The maximum absolute atomic E-state index is 2.64. The molecule has 434 valence electrons. The molecule has 12 rings (SSSR count). The van der Waals surface area contributed by atoms with Gasteiger partial charge in [-0.25, -0.2) is 0 Å². The average Bonchev–Trinajstić information content (AvgIpc) is 4.36. The van der Waals surface area contributed by atoms with Crippen molar-refractivity contribution in [3.63, 3.8) is 0 Å². The van der Waals surface area contributed by atoms with Gasteiger partial charge in [-0.1, -0.05) is 187 Å². The first kappa shape index (κ1) is 64.7. The van der Waals surface area contributed by atoms with Crippen LogP contribution in [-0.4, -0.2) is 0 Å². The predicted molar refractivity (Wildman–Crippen MR) is 352 cm³/mol. The van der Waals surface area contributed by atoms with Gasteiger partial charge in [0.1, 0.15) is 0 Å². The molecule has 0 spiro atoms. The monoisotopic (exact) mass is 1070 g/mol. The highest BCUT2D eigenvalue weighted by molar-refractivity contribution is 5.76. The van der Waals surface area contributed by atoms with Crippen molar-refractivity contribution >= 4 is 0 Å². The molecule has 0 heteroatoms. The molecular weight excluding hydrogens is 961 g/mol. The third-order valence-electron chi connectivity index (χ3n) is 25.1. The van der Waals surface area contributed by atoms with E-state index in [1.807, 2.05) is 0 Å². The van der Waals surface area contributed by atoms with Gasteiger partial charge in [0.15, 0.2) is 0 Å². The smallest absolute Gasteiger partial charge is 0.00108 e. The van der Waals surface area contributed by atoms with Gasteiger partial charge in [0, 0.05) is 0 Å². The Kier molecular flexibility index (Phi) is 22.1. The van der Waals surface area contributed by atoms with Crippen LogP contribution in [0, 0.1) is 142 Å². The summed E-state index contributed by atoms with van der Waals surface area (Å²) in [5.41, 5.74) is 27.4. The van der Waals surface area contributed by atoms with E-state index < -0.39 is 0 Å². The minimum atomic E-state index is 0.720. The van der Waals surface area contributed by atoms with E-state index >= 15 is 0 Å². The summed E-state index contributed by atoms with van der Waals surface area (Å²) >= 11 is 0. The van der Waals surface area contributed by atoms with Gasteiger partial charge in [-0.3, -0.25) is 0 Å². The van der Waals surface area contributed by atoms with Gasteiger partial charge in [0.05, 0.1) is 0 Å². The van der Waals surface area contributed by atoms with Crippen LogP contribution in [-0.2, 0) is 0 Å². The number of fused-ring (bicyclic) bond motifs is 6. The maximum Gasteiger partial charge on any atom is -0.00108 e. The van der Waals surface area contributed by atoms with Crippen LogP contribution in [0.3, 0.4) is 0 Å². The van der Waals surface area contributed by atoms with Gasteiger partial charge in [-0.2, -0.15) is 0 Å². The first-order valence-corrected chi connectivity index (χ1v) is 32.4. The molecule has 0 saturated heterocycles. The van der Waals surface area contributed by atoms with Crippen molar-refractivity contribution in [3.8, 4) is 35.5 Å². The molecule has 12 atom stereocenters. The molecule has 0 aromatic rings. The topological polar surface area (TPSA) is 0 Å². The molecule has 0 aromatic heterocycles. The molecule has 5 saturated carbocycles. The standard InChI is InChI=1S/C14H26.C14H24.C14H20.C14H18.C8H14.2C8H6/c4*1-7-9(3)13-11(5)8(2)12(6)14(13)10(7)4;2*1-3-7-5-2-6-8(7)4-1;1-3-5-7-8-6-4-2/h7-14H,1-6H3;7,9-11,13-14H,1-6H3;7,9H,1-6H3;1-6H3;7-8H,1-6H2;1-6H;1-2H3. The van der Waals surface area contributed by atoms with Crippen molar-refractivity contribution in [2.45, 2.75) is 219 Å². The second-order valence-corrected chi connectivity index (χ2v) is 27.9. The Balaban J connectivity index is 0.000000153. The van der Waals surface area contributed by atoms with Crippen LogP contribution in [0.1, 0.15) is 219 Å². The summed E-state index contributed by atoms with van der Waals surface area (Å²) in [5.74, 6) is 32.5. The van der Waals surface area contributed by atoms with E-state index in [2.05, 4.69) is 238 Å². The average molecular weight is 1080 g/mol. The largest absolute Gasteiger partial charge is 0.0925 e. The van der Waals surface area contributed by atoms with E-state index in [9.17, 15) is 0 Å². The Hall–Kier alpha value is -4.44. The number of allylic oxidation sites excluding steroid dienone is 24. The van der Waals surface area contributed by atoms with E-state index in [1.54, 1.807) is 67.4 Å². The lowest BCUT2D eigenvalue weighted by molar-refractivity contribution is 0.233. The molecule has 12 unspecified atom stereocenters. The number of hydrogen-bond acceptors (Lipinski definition) is 0. The summed E-state index contributed by atoms with van der Waals surface area (Å²) in [6, 6.07) is 0. The van der Waals surface area contributed by atoms with Crippen LogP contribution < -0.4 is 0 Å². The molecule has 0 N–H and O–H groups in total. The number of hydrogen-bond donors (Lipinski definition) is 0. The highest BCUT2D eigenvalue weighted by atomic mass is 14.6. The molecule has 0 aliphatic heterocycles. The molecule has 0 nitrogen and oxygen atoms in total. The van der Waals surface area contributed by atoms with E-state index in [-0.39, 0.29) is 0 Å². The highest BCUT2D eigenvalue weighted by Gasteiger charge is 2.55. The van der Waals surface area contributed by atoms with Gasteiger partial charge < -0.3 is 0 Å². The van der Waals surface area contributed by atoms with Gasteiger partial charge in [0.2, 0.25) is 0 Å². The molecule has 0 bridgehead atoms. The molecule has 80 heavy (non-hydrogen) atoms. The first-order chi connectivity index (χ1) is 37.7. The van der Waals surface area contributed by atoms with Crippen molar-refractivity contribution in [1.29, 1.82) is 0 Å². The van der Waals surface area contributed by atoms with Crippen LogP contribution in [0.25, 0.3) is 0 Å². The van der Waals surface area contributed by atoms with Crippen molar-refractivity contribution in [2.24, 2.45) is 107 Å². The van der Waals surface area contributed by atoms with Crippen LogP contribution in [0.5, 0.6) is 0 Å². The molecular formula is C80H114. The Morgan fingerprint density at radius 2 is 0.688 bits per heavy atom. The fraction of sp³-hybridized carbons (Fsp3) is 0.625. The summed E-state index contributed by atoms with van der Waals surface area (Å²) in [5, 5.41) is 0. The number of rotatable bonds is 0. The molecule has 12 aliphatic carbocycles. The normalized spacial score (nSPS) is 36.7. The first-order valence-electron chi connectivity index (χ1n) is 32.4. The van der Waals surface area contributed by atoms with Crippen molar-refractivity contribution in [1.82, 2.24) is 0 Å². The van der Waals surface area contributed by atoms with Crippen LogP contribution in [0.4, 0.5) is 0 Å². The third kappa shape index (κ3) is 12.4. The molecule has 0 aromatic carbocycles. The Bertz CT molecular complexity index is 2760. The van der Waals surface area contributed by atoms with Gasteiger partial charge in [-0.15, -0.1) is 0 Å². The van der Waals surface area contributed by atoms with E-state index in [0.29, 0.717) is 0 Å². The minimum Gasteiger partial charge on any atom is -0.0925 e. The molecule has 5 fully saturated rings. The van der Waals surface area contributed by atoms with E-state index in [4.69, 9.17) is 0 Å². The third-order valence-corrected chi connectivity index (χ3v) is 25.1. The van der Waals surface area contributed by atoms with Crippen molar-refractivity contribution in [2.75, 3.05) is 0 Å². The molecule has 12 aliphatic rings. The van der Waals surface area contributed by atoms with Crippen LogP contribution >= 0.6 is 0 Å². The SMILES string of the molecule is C1=CC2=CC=CC2=C1.C1CC2CCCC2C1.CC#CC#CC#CC.CC1=C(C)C2=C(C)C(C)=C(C)C2=C1C.CC1=C(C)C2=C(C)C(C)C(C)C2=C1C.CC1=C(C)C2C(C)C(C)C(C)C2C1C.CC1C(C)C2C(C)C(C)C(C)C2C1C.